The van der Waals surface area contributed by atoms with Crippen LogP contribution in [0.1, 0.15) is 16.8 Å². The number of benzene rings is 1. The summed E-state index contributed by atoms with van der Waals surface area (Å²) in [7, 11) is -3.48. The zero-order chi connectivity index (χ0) is 15.3. The van der Waals surface area contributed by atoms with Crippen molar-refractivity contribution in [2.45, 2.75) is 25.2 Å². The number of aryl methyl sites for hydroxylation is 1. The summed E-state index contributed by atoms with van der Waals surface area (Å²) in [5.74, 6) is 0.664. The van der Waals surface area contributed by atoms with Crippen LogP contribution in [0.4, 0.5) is 0 Å². The van der Waals surface area contributed by atoms with Crippen molar-refractivity contribution in [2.75, 3.05) is 13.2 Å². The Labute approximate surface area is 129 Å². The van der Waals surface area contributed by atoms with Gasteiger partial charge in [-0.25, -0.2) is 18.1 Å². The molecule has 5 nitrogen and oxygen atoms in total. The molecule has 0 atom stereocenters. The van der Waals surface area contributed by atoms with Gasteiger partial charge in [0, 0.05) is 17.6 Å². The van der Waals surface area contributed by atoms with Crippen LogP contribution in [0.25, 0.3) is 0 Å². The molecule has 2 aromatic rings. The summed E-state index contributed by atoms with van der Waals surface area (Å²) in [5.41, 5.74) is 0. The number of sulfonamides is 1. The molecule has 1 aromatic heterocycles. The van der Waals surface area contributed by atoms with E-state index in [-0.39, 0.29) is 4.90 Å². The van der Waals surface area contributed by atoms with E-state index in [2.05, 4.69) is 9.71 Å². The molecular formula is C14H18N2O3S2. The number of aromatic nitrogens is 1. The van der Waals surface area contributed by atoms with E-state index in [1.807, 2.05) is 13.8 Å². The van der Waals surface area contributed by atoms with Gasteiger partial charge in [-0.15, -0.1) is 11.3 Å². The Morgan fingerprint density at radius 1 is 1.29 bits per heavy atom. The number of hydrogen-bond donors (Lipinski definition) is 1. The lowest BCUT2D eigenvalue weighted by Gasteiger charge is -2.07. The van der Waals surface area contributed by atoms with E-state index in [0.29, 0.717) is 25.3 Å². The number of hydrogen-bond acceptors (Lipinski definition) is 5. The third-order valence-electron chi connectivity index (χ3n) is 2.78. The molecule has 1 heterocycles. The van der Waals surface area contributed by atoms with Crippen molar-refractivity contribution in [1.82, 2.24) is 9.71 Å². The maximum atomic E-state index is 12.1. The third kappa shape index (κ3) is 4.52. The summed E-state index contributed by atoms with van der Waals surface area (Å²) < 4.78 is 32.2. The highest BCUT2D eigenvalue weighted by Crippen LogP contribution is 2.16. The second-order valence-electron chi connectivity index (χ2n) is 4.40. The predicted octanol–water partition coefficient (Wildman–Crippen LogP) is 2.37. The summed E-state index contributed by atoms with van der Waals surface area (Å²) in [6.07, 6.45) is 2.42. The third-order valence-corrected chi connectivity index (χ3v) is 5.23. The first-order chi connectivity index (χ1) is 10.0. The Hall–Kier alpha value is -1.44. The fraction of sp³-hybridized carbons (Fsp3) is 0.357. The van der Waals surface area contributed by atoms with Crippen molar-refractivity contribution in [3.63, 3.8) is 0 Å². The van der Waals surface area contributed by atoms with Gasteiger partial charge in [0.25, 0.3) is 0 Å². The lowest BCUT2D eigenvalue weighted by atomic mass is 10.3. The van der Waals surface area contributed by atoms with E-state index in [1.54, 1.807) is 41.8 Å². The molecule has 0 aliphatic carbocycles. The first kappa shape index (κ1) is 15.9. The van der Waals surface area contributed by atoms with Crippen LogP contribution < -0.4 is 9.46 Å². The molecule has 0 aliphatic rings. The smallest absolute Gasteiger partial charge is 0.240 e. The number of nitrogens with one attached hydrogen (secondary N) is 1. The molecule has 0 unspecified atom stereocenters. The van der Waals surface area contributed by atoms with Crippen LogP contribution >= 0.6 is 11.3 Å². The largest absolute Gasteiger partial charge is 0.494 e. The Bertz CT molecular complexity index is 678. The Balaban J connectivity index is 1.94. The molecule has 0 amide bonds. The van der Waals surface area contributed by atoms with E-state index in [9.17, 15) is 8.42 Å². The zero-order valence-corrected chi connectivity index (χ0v) is 13.6. The summed E-state index contributed by atoms with van der Waals surface area (Å²) in [4.78, 5) is 5.46. The van der Waals surface area contributed by atoms with Gasteiger partial charge in [-0.1, -0.05) is 0 Å². The van der Waals surface area contributed by atoms with Crippen LogP contribution in [0.15, 0.2) is 35.4 Å². The highest BCUT2D eigenvalue weighted by atomic mass is 32.2. The monoisotopic (exact) mass is 326 g/mol. The van der Waals surface area contributed by atoms with E-state index in [0.717, 1.165) is 9.88 Å². The second kappa shape index (κ2) is 7.02. The summed E-state index contributed by atoms with van der Waals surface area (Å²) >= 11 is 1.58. The molecule has 0 spiro atoms. The van der Waals surface area contributed by atoms with Gasteiger partial charge < -0.3 is 4.74 Å². The maximum absolute atomic E-state index is 12.1. The molecule has 0 aliphatic heterocycles. The minimum atomic E-state index is -3.48. The molecule has 0 bridgehead atoms. The summed E-state index contributed by atoms with van der Waals surface area (Å²) in [5, 5.41) is 0.986. The highest BCUT2D eigenvalue weighted by molar-refractivity contribution is 7.89. The topological polar surface area (TPSA) is 68.3 Å². The maximum Gasteiger partial charge on any atom is 0.240 e. The molecule has 7 heteroatoms. The average molecular weight is 326 g/mol. The Morgan fingerprint density at radius 2 is 2.00 bits per heavy atom. The quantitative estimate of drug-likeness (QED) is 0.848. The van der Waals surface area contributed by atoms with Crippen LogP contribution in [0.3, 0.4) is 0 Å². The fourth-order valence-corrected chi connectivity index (χ4v) is 3.62. The number of rotatable bonds is 7. The van der Waals surface area contributed by atoms with Gasteiger partial charge in [0.2, 0.25) is 10.0 Å². The molecule has 1 aromatic carbocycles. The van der Waals surface area contributed by atoms with Crippen molar-refractivity contribution in [1.29, 1.82) is 0 Å². The molecule has 21 heavy (non-hydrogen) atoms. The zero-order valence-electron chi connectivity index (χ0n) is 12.0. The number of ether oxygens (including phenoxy) is 1. The van der Waals surface area contributed by atoms with Gasteiger partial charge in [0.15, 0.2) is 0 Å². The minimum Gasteiger partial charge on any atom is -0.494 e. The van der Waals surface area contributed by atoms with Gasteiger partial charge in [0.1, 0.15) is 5.75 Å². The lowest BCUT2D eigenvalue weighted by molar-refractivity contribution is 0.340. The first-order valence-corrected chi connectivity index (χ1v) is 8.95. The molecule has 0 fully saturated rings. The van der Waals surface area contributed by atoms with Gasteiger partial charge in [-0.2, -0.15) is 0 Å². The molecule has 0 radical (unpaired) electrons. The van der Waals surface area contributed by atoms with Crippen LogP contribution in [-0.4, -0.2) is 26.6 Å². The van der Waals surface area contributed by atoms with Crippen molar-refractivity contribution < 1.29 is 13.2 Å². The van der Waals surface area contributed by atoms with Crippen LogP contribution in [-0.2, 0) is 16.4 Å². The average Bonchev–Trinajstić information content (AvgIpc) is 2.85. The predicted molar refractivity (Wildman–Crippen MR) is 83.4 cm³/mol. The molecular weight excluding hydrogens is 308 g/mol. The van der Waals surface area contributed by atoms with Gasteiger partial charge in [0.05, 0.1) is 16.5 Å². The van der Waals surface area contributed by atoms with Gasteiger partial charge in [-0.3, -0.25) is 0 Å². The van der Waals surface area contributed by atoms with Crippen LogP contribution in [0.5, 0.6) is 5.75 Å². The van der Waals surface area contributed by atoms with Crippen LogP contribution in [0, 0.1) is 6.92 Å². The van der Waals surface area contributed by atoms with Gasteiger partial charge in [-0.05, 0) is 44.5 Å². The molecule has 0 saturated heterocycles. The lowest BCUT2D eigenvalue weighted by Crippen LogP contribution is -2.25. The SMILES string of the molecule is CCOc1ccc(S(=O)(=O)NCCc2cnc(C)s2)cc1. The fourth-order valence-electron chi connectivity index (χ4n) is 1.79. The molecule has 114 valence electrons. The van der Waals surface area contributed by atoms with E-state index in [1.165, 1.54) is 0 Å². The van der Waals surface area contributed by atoms with Crippen molar-refractivity contribution in [2.24, 2.45) is 0 Å². The second-order valence-corrected chi connectivity index (χ2v) is 7.48. The van der Waals surface area contributed by atoms with Crippen molar-refractivity contribution in [3.05, 3.63) is 40.3 Å². The normalized spacial score (nSPS) is 11.5. The molecule has 0 saturated carbocycles. The van der Waals surface area contributed by atoms with E-state index in [4.69, 9.17) is 4.74 Å². The Morgan fingerprint density at radius 3 is 2.57 bits per heavy atom. The Kier molecular flexibility index (Phi) is 5.33. The molecule has 2 rings (SSSR count). The van der Waals surface area contributed by atoms with E-state index >= 15 is 0 Å². The summed E-state index contributed by atoms with van der Waals surface area (Å²) in [6.45, 7) is 4.72. The first-order valence-electron chi connectivity index (χ1n) is 6.65. The van der Waals surface area contributed by atoms with Crippen LogP contribution in [0.2, 0.25) is 0 Å². The number of thiazole rings is 1. The number of nitrogens with zero attached hydrogens (tertiary/aromatic N) is 1. The highest BCUT2D eigenvalue weighted by Gasteiger charge is 2.13. The minimum absolute atomic E-state index is 0.242. The van der Waals surface area contributed by atoms with Crippen molar-refractivity contribution >= 4 is 21.4 Å². The molecule has 1 N–H and O–H groups in total. The van der Waals surface area contributed by atoms with Crippen molar-refractivity contribution in [3.8, 4) is 5.75 Å². The summed E-state index contributed by atoms with van der Waals surface area (Å²) in [6, 6.07) is 6.41. The van der Waals surface area contributed by atoms with E-state index < -0.39 is 10.0 Å². The van der Waals surface area contributed by atoms with Gasteiger partial charge >= 0.3 is 0 Å². The standard InChI is InChI=1S/C14H18N2O3S2/c1-3-19-12-4-6-14(7-5-12)21(17,18)16-9-8-13-10-15-11(2)20-13/h4-7,10,16H,3,8-9H2,1-2H3.